The van der Waals surface area contributed by atoms with Gasteiger partial charge in [0.15, 0.2) is 0 Å². The predicted octanol–water partition coefficient (Wildman–Crippen LogP) is -0.319. The fourth-order valence-electron chi connectivity index (χ4n) is 2.29. The number of rotatable bonds is 5. The highest BCUT2D eigenvalue weighted by Crippen LogP contribution is 2.18. The Labute approximate surface area is 117 Å². The van der Waals surface area contributed by atoms with E-state index in [0.717, 1.165) is 0 Å². The Balaban J connectivity index is 2.66. The highest BCUT2D eigenvalue weighted by molar-refractivity contribution is 5.74. The number of carboxylic acid groups (broad SMARTS) is 1. The first kappa shape index (κ1) is 16.2. The Morgan fingerprint density at radius 1 is 1.35 bits per heavy atom. The van der Waals surface area contributed by atoms with Gasteiger partial charge < -0.3 is 19.9 Å². The van der Waals surface area contributed by atoms with Crippen molar-refractivity contribution in [1.82, 2.24) is 10.2 Å². The van der Waals surface area contributed by atoms with E-state index in [0.29, 0.717) is 19.5 Å². The summed E-state index contributed by atoms with van der Waals surface area (Å²) in [6, 6.07) is -0.341. The Morgan fingerprint density at radius 2 is 2.05 bits per heavy atom. The quantitative estimate of drug-likeness (QED) is 0.668. The molecule has 2 N–H and O–H groups in total. The average Bonchev–Trinajstić information content (AvgIpc) is 2.36. The first-order chi connectivity index (χ1) is 9.46. The molecule has 0 aromatic rings. The molecule has 0 spiro atoms. The van der Waals surface area contributed by atoms with Crippen LogP contribution in [0.25, 0.3) is 0 Å². The van der Waals surface area contributed by atoms with Crippen LogP contribution in [0.2, 0.25) is 0 Å². The number of carboxylic acids is 1. The molecule has 8 heteroatoms. The van der Waals surface area contributed by atoms with Crippen molar-refractivity contribution in [2.24, 2.45) is 5.92 Å². The van der Waals surface area contributed by atoms with Gasteiger partial charge in [-0.25, -0.2) is 4.79 Å². The zero-order valence-electron chi connectivity index (χ0n) is 11.6. The number of likely N-dealkylation sites (tertiary alicyclic amines) is 1. The monoisotopic (exact) mass is 288 g/mol. The number of nitrogens with zero attached hydrogens (tertiary/aromatic N) is 1. The van der Waals surface area contributed by atoms with Crippen LogP contribution < -0.4 is 5.32 Å². The first-order valence-electron chi connectivity index (χ1n) is 6.41. The van der Waals surface area contributed by atoms with Crippen LogP contribution in [-0.2, 0) is 19.1 Å². The summed E-state index contributed by atoms with van der Waals surface area (Å²) in [6.45, 7) is 2.42. The molecule has 0 saturated carbocycles. The van der Waals surface area contributed by atoms with E-state index in [2.05, 4.69) is 10.1 Å². The van der Waals surface area contributed by atoms with Gasteiger partial charge >= 0.3 is 18.0 Å². The smallest absolute Gasteiger partial charge is 0.407 e. The second-order valence-corrected chi connectivity index (χ2v) is 4.61. The lowest BCUT2D eigenvalue weighted by Gasteiger charge is -2.35. The molecule has 1 fully saturated rings. The second-order valence-electron chi connectivity index (χ2n) is 4.61. The van der Waals surface area contributed by atoms with E-state index >= 15 is 0 Å². The van der Waals surface area contributed by atoms with E-state index in [9.17, 15) is 14.4 Å². The number of aliphatic carboxylic acids is 1. The van der Waals surface area contributed by atoms with Gasteiger partial charge in [-0.3, -0.25) is 14.5 Å². The van der Waals surface area contributed by atoms with Crippen molar-refractivity contribution in [3.63, 3.8) is 0 Å². The molecule has 2 unspecified atom stereocenters. The Bertz CT molecular complexity index is 373. The van der Waals surface area contributed by atoms with Gasteiger partial charge in [-0.15, -0.1) is 0 Å². The number of nitrogens with one attached hydrogen (secondary N) is 1. The van der Waals surface area contributed by atoms with Crippen LogP contribution in [0.3, 0.4) is 0 Å². The molecule has 114 valence electrons. The summed E-state index contributed by atoms with van der Waals surface area (Å²) in [4.78, 5) is 35.4. The largest absolute Gasteiger partial charge is 0.480 e. The fraction of sp³-hybridized carbons (Fsp3) is 0.750. The van der Waals surface area contributed by atoms with Crippen LogP contribution in [0.5, 0.6) is 0 Å². The van der Waals surface area contributed by atoms with E-state index in [4.69, 9.17) is 9.84 Å². The maximum Gasteiger partial charge on any atom is 0.407 e. The van der Waals surface area contributed by atoms with Gasteiger partial charge in [-0.2, -0.15) is 0 Å². The lowest BCUT2D eigenvalue weighted by atomic mass is 9.94. The molecule has 1 aliphatic heterocycles. The molecule has 0 aromatic carbocycles. The van der Waals surface area contributed by atoms with E-state index in [1.165, 1.54) is 7.11 Å². The number of carbonyl (C=O) groups excluding carboxylic acids is 2. The normalized spacial score (nSPS) is 22.9. The molecule has 0 radical (unpaired) electrons. The number of hydrogen-bond acceptors (Lipinski definition) is 6. The number of alkyl carbamates (subject to hydrolysis) is 1. The minimum Gasteiger partial charge on any atom is -0.480 e. The molecule has 0 aliphatic carbocycles. The summed E-state index contributed by atoms with van der Waals surface area (Å²) in [5, 5.41) is 11.5. The number of esters is 1. The zero-order chi connectivity index (χ0) is 15.1. The van der Waals surface area contributed by atoms with Crippen molar-refractivity contribution >= 4 is 18.0 Å². The van der Waals surface area contributed by atoms with Gasteiger partial charge in [0, 0.05) is 19.1 Å². The van der Waals surface area contributed by atoms with Gasteiger partial charge in [0.25, 0.3) is 0 Å². The summed E-state index contributed by atoms with van der Waals surface area (Å²) in [7, 11) is 1.28. The third-order valence-corrected chi connectivity index (χ3v) is 3.02. The number of piperidine rings is 1. The molecule has 8 nitrogen and oxygen atoms in total. The average molecular weight is 288 g/mol. The summed E-state index contributed by atoms with van der Waals surface area (Å²) in [5.41, 5.74) is 0. The Kier molecular flexibility index (Phi) is 6.23. The van der Waals surface area contributed by atoms with Crippen LogP contribution in [0.1, 0.15) is 13.3 Å². The summed E-state index contributed by atoms with van der Waals surface area (Å²) in [6.07, 6.45) is -0.167. The molecule has 20 heavy (non-hydrogen) atoms. The van der Waals surface area contributed by atoms with E-state index in [1.807, 2.05) is 0 Å². The molecule has 1 saturated heterocycles. The molecule has 1 heterocycles. The molecule has 1 aliphatic rings. The SMILES string of the molecule is CCOC(=O)NC1CC(C(=O)OC)CN(CC(=O)O)C1. The third-order valence-electron chi connectivity index (χ3n) is 3.02. The highest BCUT2D eigenvalue weighted by Gasteiger charge is 2.33. The minimum absolute atomic E-state index is 0.186. The van der Waals surface area contributed by atoms with Crippen molar-refractivity contribution < 1.29 is 29.0 Å². The lowest BCUT2D eigenvalue weighted by Crippen LogP contribution is -2.53. The molecule has 0 bridgehead atoms. The predicted molar refractivity (Wildman–Crippen MR) is 68.1 cm³/mol. The zero-order valence-corrected chi connectivity index (χ0v) is 11.6. The summed E-state index contributed by atoms with van der Waals surface area (Å²) in [5.74, 6) is -1.85. The van der Waals surface area contributed by atoms with Gasteiger partial charge in [-0.05, 0) is 13.3 Å². The molecular weight excluding hydrogens is 268 g/mol. The van der Waals surface area contributed by atoms with Crippen LogP contribution in [-0.4, -0.2) is 67.4 Å². The highest BCUT2D eigenvalue weighted by atomic mass is 16.5. The molecule has 2 atom stereocenters. The second kappa shape index (κ2) is 7.68. The van der Waals surface area contributed by atoms with E-state index in [1.54, 1.807) is 11.8 Å². The van der Waals surface area contributed by atoms with Crippen molar-refractivity contribution in [2.45, 2.75) is 19.4 Å². The minimum atomic E-state index is -0.981. The Morgan fingerprint density at radius 3 is 2.60 bits per heavy atom. The summed E-state index contributed by atoms with van der Waals surface area (Å²) >= 11 is 0. The van der Waals surface area contributed by atoms with Crippen LogP contribution >= 0.6 is 0 Å². The molecule has 0 aromatic heterocycles. The number of carbonyl (C=O) groups is 3. The molecule has 1 rings (SSSR count). The maximum atomic E-state index is 11.6. The van der Waals surface area contributed by atoms with Crippen LogP contribution in [0.15, 0.2) is 0 Å². The van der Waals surface area contributed by atoms with Gasteiger partial charge in [0.2, 0.25) is 0 Å². The van der Waals surface area contributed by atoms with Gasteiger partial charge in [0.05, 0.1) is 26.2 Å². The number of hydrogen-bond donors (Lipinski definition) is 2. The number of methoxy groups -OCH3 is 1. The topological polar surface area (TPSA) is 105 Å². The maximum absolute atomic E-state index is 11.6. The van der Waals surface area contributed by atoms with E-state index < -0.39 is 23.9 Å². The van der Waals surface area contributed by atoms with Gasteiger partial charge in [0.1, 0.15) is 0 Å². The molecule has 1 amide bonds. The third kappa shape index (κ3) is 5.04. The lowest BCUT2D eigenvalue weighted by molar-refractivity contribution is -0.149. The molecular formula is C12H20N2O6. The Hall–Kier alpha value is -1.83. The van der Waals surface area contributed by atoms with Crippen molar-refractivity contribution in [3.8, 4) is 0 Å². The van der Waals surface area contributed by atoms with E-state index in [-0.39, 0.29) is 19.2 Å². The number of ether oxygens (including phenoxy) is 2. The standard InChI is InChI=1S/C12H20N2O6/c1-3-20-12(18)13-9-4-8(11(17)19-2)5-14(6-9)7-10(15)16/h8-9H,3-7H2,1-2H3,(H,13,18)(H,15,16). The van der Waals surface area contributed by atoms with Crippen molar-refractivity contribution in [2.75, 3.05) is 33.4 Å². The van der Waals surface area contributed by atoms with Crippen LogP contribution in [0, 0.1) is 5.92 Å². The fourth-order valence-corrected chi connectivity index (χ4v) is 2.29. The van der Waals surface area contributed by atoms with Crippen molar-refractivity contribution in [3.05, 3.63) is 0 Å². The van der Waals surface area contributed by atoms with Crippen LogP contribution in [0.4, 0.5) is 4.79 Å². The van der Waals surface area contributed by atoms with Crippen molar-refractivity contribution in [1.29, 1.82) is 0 Å². The summed E-state index contributed by atoms with van der Waals surface area (Å²) < 4.78 is 9.47. The number of amides is 1. The van der Waals surface area contributed by atoms with Gasteiger partial charge in [-0.1, -0.05) is 0 Å². The first-order valence-corrected chi connectivity index (χ1v) is 6.41.